The van der Waals surface area contributed by atoms with Crippen LogP contribution in [0, 0.1) is 0 Å². The molecule has 276 valence electrons. The molecule has 2 aliphatic rings. The van der Waals surface area contributed by atoms with Gasteiger partial charge in [-0.25, -0.2) is 0 Å². The van der Waals surface area contributed by atoms with Gasteiger partial charge in [-0.2, -0.15) is 0 Å². The molecule has 48 heavy (non-hydrogen) atoms. The Morgan fingerprint density at radius 3 is 1.25 bits per heavy atom. The molecule has 2 saturated heterocycles. The summed E-state index contributed by atoms with van der Waals surface area (Å²) in [4.78, 5) is 70.9. The van der Waals surface area contributed by atoms with Crippen LogP contribution in [0.25, 0.3) is 0 Å². The van der Waals surface area contributed by atoms with Crippen molar-refractivity contribution in [2.24, 2.45) is 0 Å². The number of ether oxygens (including phenoxy) is 4. The van der Waals surface area contributed by atoms with Crippen LogP contribution >= 0.6 is 0 Å². The van der Waals surface area contributed by atoms with Crippen molar-refractivity contribution in [2.75, 3.05) is 78.5 Å². The number of hydrogen-bond acceptors (Lipinski definition) is 14. The van der Waals surface area contributed by atoms with Crippen molar-refractivity contribution in [3.63, 3.8) is 0 Å². The minimum Gasteiger partial charge on any atom is -0.480 e. The molecule has 2 aliphatic heterocycles. The molecule has 2 rings (SSSR count). The highest BCUT2D eigenvalue weighted by molar-refractivity contribution is 5.76. The quantitative estimate of drug-likeness (QED) is 0.256. The Kier molecular flexibility index (Phi) is 15.2. The number of hydrogen-bond donors (Lipinski definition) is 2. The highest BCUT2D eigenvalue weighted by Gasteiger charge is 2.45. The van der Waals surface area contributed by atoms with Crippen LogP contribution in [-0.2, 0) is 42.9 Å². The van der Waals surface area contributed by atoms with Gasteiger partial charge in [-0.15, -0.1) is 0 Å². The molecule has 15 nitrogen and oxygen atoms in total. The monoisotopic (exact) mass is 685 g/mol. The van der Waals surface area contributed by atoms with Crippen molar-refractivity contribution in [1.29, 1.82) is 0 Å². The van der Waals surface area contributed by atoms with Crippen LogP contribution in [0.1, 0.15) is 69.2 Å². The Balaban J connectivity index is 2.44. The van der Waals surface area contributed by atoms with E-state index < -0.39 is 58.9 Å². The average molecular weight is 686 g/mol. The number of nitrogens with zero attached hydrogens (tertiary/aromatic N) is 4. The standard InChI is InChI=1S/C33H59N5O10/c1-23(39)45-24-19-34-28(30(43)44)29(24)38-17-15-36(21-26(41)47-32(5,6)7)13-11-35(20-25(40)46-31(2,3)4)12-14-37(16-18-38)22-27(42)48-33(8,9)10/h24,28-29,34H,11-22H2,1-10H3,(H,43,44). The van der Waals surface area contributed by atoms with E-state index >= 15 is 0 Å². The van der Waals surface area contributed by atoms with Crippen LogP contribution in [0.2, 0.25) is 0 Å². The SMILES string of the molecule is CC(=O)OC1CNC(C(=O)O)C1N1CCN(CC(=O)OC(C)(C)C)CCN(CC(=O)OC(C)(C)C)CCN(CC(=O)OC(C)(C)C)CC1. The zero-order valence-electron chi connectivity index (χ0n) is 30.6. The zero-order valence-corrected chi connectivity index (χ0v) is 30.6. The van der Waals surface area contributed by atoms with Crippen LogP contribution < -0.4 is 5.32 Å². The molecule has 0 amide bonds. The first-order valence-corrected chi connectivity index (χ1v) is 16.7. The molecule has 0 aromatic rings. The topological polar surface area (TPSA) is 167 Å². The summed E-state index contributed by atoms with van der Waals surface area (Å²) in [5.74, 6) is -2.80. The van der Waals surface area contributed by atoms with Crippen LogP contribution in [-0.4, -0.2) is 168 Å². The smallest absolute Gasteiger partial charge is 0.322 e. The normalized spacial score (nSPS) is 23.4. The molecule has 0 aromatic carbocycles. The van der Waals surface area contributed by atoms with Crippen LogP contribution in [0.4, 0.5) is 0 Å². The van der Waals surface area contributed by atoms with E-state index in [0.29, 0.717) is 52.4 Å². The summed E-state index contributed by atoms with van der Waals surface area (Å²) < 4.78 is 22.4. The fourth-order valence-electron chi connectivity index (χ4n) is 5.70. The van der Waals surface area contributed by atoms with E-state index in [0.717, 1.165) is 0 Å². The largest absolute Gasteiger partial charge is 0.480 e. The summed E-state index contributed by atoms with van der Waals surface area (Å²) in [6.07, 6.45) is -0.723. The maximum Gasteiger partial charge on any atom is 0.322 e. The van der Waals surface area contributed by atoms with Crippen molar-refractivity contribution in [3.8, 4) is 0 Å². The second-order valence-electron chi connectivity index (χ2n) is 15.5. The summed E-state index contributed by atoms with van der Waals surface area (Å²) in [6.45, 7) is 20.5. The van der Waals surface area contributed by atoms with Gasteiger partial charge in [0, 0.05) is 65.8 Å². The van der Waals surface area contributed by atoms with Gasteiger partial charge in [0.25, 0.3) is 0 Å². The predicted octanol–water partition coefficient (Wildman–Crippen LogP) is 0.590. The third-order valence-corrected chi connectivity index (χ3v) is 7.46. The highest BCUT2D eigenvalue weighted by Crippen LogP contribution is 2.20. The van der Waals surface area contributed by atoms with E-state index in [1.54, 1.807) is 62.3 Å². The summed E-state index contributed by atoms with van der Waals surface area (Å²) in [5, 5.41) is 13.1. The van der Waals surface area contributed by atoms with Gasteiger partial charge in [-0.05, 0) is 62.3 Å². The van der Waals surface area contributed by atoms with Gasteiger partial charge >= 0.3 is 29.8 Å². The molecule has 0 radical (unpaired) electrons. The predicted molar refractivity (Wildman–Crippen MR) is 177 cm³/mol. The van der Waals surface area contributed by atoms with Gasteiger partial charge in [-0.3, -0.25) is 48.9 Å². The molecule has 15 heteroatoms. The Morgan fingerprint density at radius 1 is 0.625 bits per heavy atom. The third kappa shape index (κ3) is 16.0. The van der Waals surface area contributed by atoms with E-state index in [4.69, 9.17) is 18.9 Å². The zero-order chi connectivity index (χ0) is 36.4. The molecule has 2 heterocycles. The number of aliphatic carboxylic acids is 1. The van der Waals surface area contributed by atoms with E-state index in [9.17, 15) is 29.1 Å². The molecule has 0 spiro atoms. The number of carboxylic acids is 1. The average Bonchev–Trinajstić information content (AvgIpc) is 3.28. The van der Waals surface area contributed by atoms with Crippen LogP contribution in [0.5, 0.6) is 0 Å². The Hall–Kier alpha value is -2.85. The fraction of sp³-hybridized carbons (Fsp3) is 0.848. The molecule has 3 unspecified atom stereocenters. The molecule has 0 saturated carbocycles. The summed E-state index contributed by atoms with van der Waals surface area (Å²) >= 11 is 0. The van der Waals surface area contributed by atoms with Gasteiger partial charge in [-0.1, -0.05) is 0 Å². The highest BCUT2D eigenvalue weighted by atomic mass is 16.6. The lowest BCUT2D eigenvalue weighted by molar-refractivity contribution is -0.158. The van der Waals surface area contributed by atoms with Crippen molar-refractivity contribution in [1.82, 2.24) is 24.9 Å². The number of nitrogens with one attached hydrogen (secondary N) is 1. The number of rotatable bonds is 9. The molecule has 2 fully saturated rings. The van der Waals surface area contributed by atoms with E-state index in [1.165, 1.54) is 6.92 Å². The lowest BCUT2D eigenvalue weighted by atomic mass is 10.0. The molecular formula is C33H59N5O10. The minimum atomic E-state index is -1.07. The van der Waals surface area contributed by atoms with Gasteiger partial charge in [0.1, 0.15) is 28.9 Å². The second kappa shape index (κ2) is 17.7. The van der Waals surface area contributed by atoms with Crippen LogP contribution in [0.3, 0.4) is 0 Å². The van der Waals surface area contributed by atoms with Crippen molar-refractivity contribution < 1.29 is 48.0 Å². The van der Waals surface area contributed by atoms with Gasteiger partial charge in [0.2, 0.25) is 0 Å². The van der Waals surface area contributed by atoms with Gasteiger partial charge in [0.15, 0.2) is 0 Å². The number of carboxylic acid groups (broad SMARTS) is 1. The molecular weight excluding hydrogens is 626 g/mol. The summed E-state index contributed by atoms with van der Waals surface area (Å²) in [5.41, 5.74) is -2.03. The molecule has 0 bridgehead atoms. The number of carbonyl (C=O) groups excluding carboxylic acids is 4. The first kappa shape index (κ1) is 41.3. The van der Waals surface area contributed by atoms with Crippen LogP contribution in [0.15, 0.2) is 0 Å². The van der Waals surface area contributed by atoms with Crippen molar-refractivity contribution in [2.45, 2.75) is 104 Å². The summed E-state index contributed by atoms with van der Waals surface area (Å²) in [7, 11) is 0. The Labute approximate surface area is 285 Å². The van der Waals surface area contributed by atoms with Gasteiger partial charge in [0.05, 0.1) is 25.7 Å². The third-order valence-electron chi connectivity index (χ3n) is 7.46. The Bertz CT molecular complexity index is 1070. The molecule has 0 aliphatic carbocycles. The first-order valence-electron chi connectivity index (χ1n) is 16.7. The van der Waals surface area contributed by atoms with Crippen molar-refractivity contribution >= 4 is 29.8 Å². The molecule has 0 aromatic heterocycles. The second-order valence-corrected chi connectivity index (χ2v) is 15.5. The van der Waals surface area contributed by atoms with E-state index in [1.807, 2.05) is 19.6 Å². The molecule has 2 N–H and O–H groups in total. The van der Waals surface area contributed by atoms with Gasteiger partial charge < -0.3 is 24.1 Å². The number of esters is 4. The lowest BCUT2D eigenvalue weighted by Crippen LogP contribution is -2.57. The maximum absolute atomic E-state index is 13.0. The fourth-order valence-corrected chi connectivity index (χ4v) is 5.70. The van der Waals surface area contributed by atoms with Crippen molar-refractivity contribution in [3.05, 3.63) is 0 Å². The molecule has 3 atom stereocenters. The van der Waals surface area contributed by atoms with E-state index in [-0.39, 0.29) is 32.1 Å². The number of carbonyl (C=O) groups is 5. The first-order chi connectivity index (χ1) is 22.0. The maximum atomic E-state index is 13.0. The summed E-state index contributed by atoms with van der Waals surface area (Å²) in [6, 6.07) is -1.71. The van der Waals surface area contributed by atoms with E-state index in [2.05, 4.69) is 5.32 Å². The lowest BCUT2D eigenvalue weighted by Gasteiger charge is -2.38. The Morgan fingerprint density at radius 2 is 0.958 bits per heavy atom. The minimum absolute atomic E-state index is 0.0159.